The summed E-state index contributed by atoms with van der Waals surface area (Å²) in [6.07, 6.45) is -4.33. The minimum atomic E-state index is -4.28. The van der Waals surface area contributed by atoms with Gasteiger partial charge in [-0.15, -0.1) is 11.8 Å². The van der Waals surface area contributed by atoms with Crippen LogP contribution < -0.4 is 5.32 Å². The Hall–Kier alpha value is -2.07. The second-order valence-corrected chi connectivity index (χ2v) is 6.39. The van der Waals surface area contributed by atoms with E-state index in [4.69, 9.17) is 9.26 Å². The van der Waals surface area contributed by atoms with Crippen LogP contribution in [0, 0.1) is 0 Å². The molecular formula is C16H18F3N3O3S. The molecule has 10 heteroatoms. The Morgan fingerprint density at radius 1 is 1.38 bits per heavy atom. The maximum atomic E-state index is 12.4. The van der Waals surface area contributed by atoms with E-state index in [2.05, 4.69) is 15.5 Å². The number of rotatable bonds is 8. The molecule has 0 aliphatic carbocycles. The summed E-state index contributed by atoms with van der Waals surface area (Å²) >= 11 is 0.625. The topological polar surface area (TPSA) is 77.2 Å². The van der Waals surface area contributed by atoms with Crippen molar-refractivity contribution in [1.82, 2.24) is 10.1 Å². The molecule has 2 aromatic rings. The van der Waals surface area contributed by atoms with Crippen LogP contribution >= 0.6 is 11.8 Å². The van der Waals surface area contributed by atoms with Gasteiger partial charge in [-0.1, -0.05) is 17.3 Å². The van der Waals surface area contributed by atoms with Gasteiger partial charge in [-0.05, 0) is 19.1 Å². The summed E-state index contributed by atoms with van der Waals surface area (Å²) in [4.78, 5) is 16.6. The van der Waals surface area contributed by atoms with Crippen LogP contribution in [-0.2, 0) is 16.0 Å². The van der Waals surface area contributed by atoms with Crippen molar-refractivity contribution in [1.29, 1.82) is 0 Å². The molecule has 1 amide bonds. The van der Waals surface area contributed by atoms with E-state index >= 15 is 0 Å². The minimum absolute atomic E-state index is 0.0568. The zero-order valence-corrected chi connectivity index (χ0v) is 15.0. The predicted molar refractivity (Wildman–Crippen MR) is 89.9 cm³/mol. The third kappa shape index (κ3) is 6.34. The lowest BCUT2D eigenvalue weighted by atomic mass is 10.2. The van der Waals surface area contributed by atoms with Crippen LogP contribution in [-0.4, -0.2) is 35.1 Å². The van der Waals surface area contributed by atoms with Crippen LogP contribution in [0.15, 0.2) is 33.7 Å². The number of aromatic nitrogens is 2. The Morgan fingerprint density at radius 2 is 2.12 bits per heavy atom. The first-order chi connectivity index (χ1) is 12.3. The highest BCUT2D eigenvalue weighted by Gasteiger charge is 2.27. The standard InChI is InChI=1S/C16H18F3N3O3S/c1-10(24-2)15-21-14(25-22-15)8-7-13(23)20-11-5-3-4-6-12(11)26-9-16(17,18)19/h3-6,10H,7-9H2,1-2H3,(H,20,23)/t10-/m0/s1. The Bertz CT molecular complexity index is 737. The van der Waals surface area contributed by atoms with Gasteiger partial charge in [0.2, 0.25) is 11.8 Å². The molecule has 0 saturated heterocycles. The zero-order chi connectivity index (χ0) is 19.2. The maximum Gasteiger partial charge on any atom is 0.398 e. The third-order valence-electron chi connectivity index (χ3n) is 3.32. The van der Waals surface area contributed by atoms with Gasteiger partial charge < -0.3 is 14.6 Å². The number of carbonyl (C=O) groups is 1. The van der Waals surface area contributed by atoms with Crippen molar-refractivity contribution >= 4 is 23.4 Å². The van der Waals surface area contributed by atoms with Gasteiger partial charge in [0.15, 0.2) is 5.82 Å². The highest BCUT2D eigenvalue weighted by molar-refractivity contribution is 7.99. The number of thioether (sulfide) groups is 1. The maximum absolute atomic E-state index is 12.4. The van der Waals surface area contributed by atoms with Crippen molar-refractivity contribution in [2.24, 2.45) is 0 Å². The number of methoxy groups -OCH3 is 1. The number of amides is 1. The molecule has 0 bridgehead atoms. The largest absolute Gasteiger partial charge is 0.398 e. The SMILES string of the molecule is CO[C@@H](C)c1noc(CCC(=O)Nc2ccccc2SCC(F)(F)F)n1. The molecule has 142 valence electrons. The third-order valence-corrected chi connectivity index (χ3v) is 4.46. The molecule has 0 fully saturated rings. The highest BCUT2D eigenvalue weighted by atomic mass is 32.2. The van der Waals surface area contributed by atoms with Gasteiger partial charge in [0.25, 0.3) is 0 Å². The average molecular weight is 389 g/mol. The molecule has 1 aromatic heterocycles. The molecule has 2 rings (SSSR count). The number of alkyl halides is 3. The van der Waals surface area contributed by atoms with Crippen molar-refractivity contribution in [2.75, 3.05) is 18.2 Å². The number of carbonyl (C=O) groups excluding carboxylic acids is 1. The van der Waals surface area contributed by atoms with Gasteiger partial charge in [-0.3, -0.25) is 4.79 Å². The number of hydrogen-bond donors (Lipinski definition) is 1. The van der Waals surface area contributed by atoms with Gasteiger partial charge in [0.1, 0.15) is 6.10 Å². The molecule has 0 aliphatic rings. The van der Waals surface area contributed by atoms with E-state index in [0.29, 0.717) is 34.1 Å². The number of para-hydroxylation sites is 1. The lowest BCUT2D eigenvalue weighted by Gasteiger charge is -2.11. The molecule has 0 spiro atoms. The normalized spacial score (nSPS) is 12.8. The smallest absolute Gasteiger partial charge is 0.374 e. The first kappa shape index (κ1) is 20.2. The van der Waals surface area contributed by atoms with Gasteiger partial charge in [-0.2, -0.15) is 18.2 Å². The Labute approximate surface area is 152 Å². The Morgan fingerprint density at radius 3 is 2.81 bits per heavy atom. The molecule has 6 nitrogen and oxygen atoms in total. The van der Waals surface area contributed by atoms with Crippen LogP contribution in [0.25, 0.3) is 0 Å². The van der Waals surface area contributed by atoms with Gasteiger partial charge in [0, 0.05) is 24.8 Å². The van der Waals surface area contributed by atoms with Crippen LogP contribution in [0.4, 0.5) is 18.9 Å². The molecule has 1 atom stereocenters. The van der Waals surface area contributed by atoms with E-state index in [-0.39, 0.29) is 24.9 Å². The Balaban J connectivity index is 1.90. The first-order valence-corrected chi connectivity index (χ1v) is 8.70. The van der Waals surface area contributed by atoms with E-state index in [1.165, 1.54) is 13.2 Å². The van der Waals surface area contributed by atoms with Crippen molar-refractivity contribution in [2.45, 2.75) is 36.9 Å². The van der Waals surface area contributed by atoms with Gasteiger partial charge >= 0.3 is 6.18 Å². The van der Waals surface area contributed by atoms with Gasteiger partial charge in [0.05, 0.1) is 11.4 Å². The lowest BCUT2D eigenvalue weighted by molar-refractivity contribution is -0.116. The lowest BCUT2D eigenvalue weighted by Crippen LogP contribution is -2.14. The van der Waals surface area contributed by atoms with Gasteiger partial charge in [-0.25, -0.2) is 0 Å². The summed E-state index contributed by atoms with van der Waals surface area (Å²) in [6.45, 7) is 1.76. The summed E-state index contributed by atoms with van der Waals surface area (Å²) in [5.41, 5.74) is 0.339. The van der Waals surface area contributed by atoms with Crippen LogP contribution in [0.5, 0.6) is 0 Å². The summed E-state index contributed by atoms with van der Waals surface area (Å²) in [6, 6.07) is 6.35. The zero-order valence-electron chi connectivity index (χ0n) is 14.2. The number of aryl methyl sites for hydroxylation is 1. The van der Waals surface area contributed by atoms with Crippen molar-refractivity contribution in [3.8, 4) is 0 Å². The van der Waals surface area contributed by atoms with Crippen molar-refractivity contribution in [3.05, 3.63) is 36.0 Å². The fourth-order valence-corrected chi connectivity index (χ4v) is 2.70. The van der Waals surface area contributed by atoms with E-state index in [1.807, 2.05) is 0 Å². The highest BCUT2D eigenvalue weighted by Crippen LogP contribution is 2.32. The number of ether oxygens (including phenoxy) is 1. The second-order valence-electron chi connectivity index (χ2n) is 5.37. The molecule has 0 radical (unpaired) electrons. The fraction of sp³-hybridized carbons (Fsp3) is 0.438. The summed E-state index contributed by atoms with van der Waals surface area (Å²) < 4.78 is 47.3. The minimum Gasteiger partial charge on any atom is -0.374 e. The molecule has 1 N–H and O–H groups in total. The summed E-state index contributed by atoms with van der Waals surface area (Å²) in [7, 11) is 1.52. The number of anilines is 1. The number of benzene rings is 1. The van der Waals surface area contributed by atoms with Crippen molar-refractivity contribution in [3.63, 3.8) is 0 Å². The number of hydrogen-bond acceptors (Lipinski definition) is 6. The molecule has 1 aromatic carbocycles. The quantitative estimate of drug-likeness (QED) is 0.688. The van der Waals surface area contributed by atoms with E-state index < -0.39 is 11.9 Å². The molecule has 26 heavy (non-hydrogen) atoms. The number of nitrogens with zero attached hydrogens (tertiary/aromatic N) is 2. The van der Waals surface area contributed by atoms with Crippen LogP contribution in [0.2, 0.25) is 0 Å². The molecule has 0 saturated carbocycles. The average Bonchev–Trinajstić information content (AvgIpc) is 3.07. The number of nitrogens with one attached hydrogen (secondary N) is 1. The Kier molecular flexibility index (Phi) is 7.04. The molecule has 0 aliphatic heterocycles. The molecule has 1 heterocycles. The summed E-state index contributed by atoms with van der Waals surface area (Å²) in [5.74, 6) is -0.706. The van der Waals surface area contributed by atoms with E-state index in [0.717, 1.165) is 0 Å². The van der Waals surface area contributed by atoms with Crippen LogP contribution in [0.3, 0.4) is 0 Å². The summed E-state index contributed by atoms with van der Waals surface area (Å²) in [5, 5.41) is 6.37. The van der Waals surface area contributed by atoms with E-state index in [1.54, 1.807) is 25.1 Å². The fourth-order valence-electron chi connectivity index (χ4n) is 1.93. The monoisotopic (exact) mass is 389 g/mol. The predicted octanol–water partition coefficient (Wildman–Crippen LogP) is 4.00. The van der Waals surface area contributed by atoms with Crippen molar-refractivity contribution < 1.29 is 27.2 Å². The number of halogens is 3. The second kappa shape index (κ2) is 9.04. The van der Waals surface area contributed by atoms with E-state index in [9.17, 15) is 18.0 Å². The first-order valence-electron chi connectivity index (χ1n) is 7.72. The molecule has 0 unspecified atom stereocenters. The van der Waals surface area contributed by atoms with Crippen LogP contribution in [0.1, 0.15) is 31.2 Å². The molecular weight excluding hydrogens is 371 g/mol.